The highest BCUT2D eigenvalue weighted by atomic mass is 16.3. The predicted molar refractivity (Wildman–Crippen MR) is 122 cm³/mol. The Morgan fingerprint density at radius 2 is 1.86 bits per heavy atom. The van der Waals surface area contributed by atoms with Crippen molar-refractivity contribution in [2.75, 3.05) is 0 Å². The Balaban J connectivity index is 1.30. The van der Waals surface area contributed by atoms with Crippen LogP contribution in [0.4, 0.5) is 0 Å². The van der Waals surface area contributed by atoms with Gasteiger partial charge in [-0.1, -0.05) is 43.6 Å². The SMILES string of the molecule is C[C@]12CC[C@H]3[C@@H](CC=C4C[C@@H](O)CC[C@@]43C)[C@@H]1CC[C@@H]2CCC1=CCCCCC1. The van der Waals surface area contributed by atoms with Crippen molar-refractivity contribution < 1.29 is 5.11 Å². The minimum Gasteiger partial charge on any atom is -0.393 e. The summed E-state index contributed by atoms with van der Waals surface area (Å²) in [6, 6.07) is 0. The maximum Gasteiger partial charge on any atom is 0.0577 e. The van der Waals surface area contributed by atoms with Gasteiger partial charge in [-0.05, 0) is 124 Å². The van der Waals surface area contributed by atoms with Gasteiger partial charge in [-0.15, -0.1) is 0 Å². The van der Waals surface area contributed by atoms with E-state index in [2.05, 4.69) is 26.0 Å². The van der Waals surface area contributed by atoms with E-state index < -0.39 is 0 Å². The molecule has 0 aromatic rings. The Hall–Kier alpha value is -0.560. The van der Waals surface area contributed by atoms with Crippen LogP contribution in [0.5, 0.6) is 0 Å². The van der Waals surface area contributed by atoms with Gasteiger partial charge in [-0.3, -0.25) is 0 Å². The van der Waals surface area contributed by atoms with Gasteiger partial charge in [0.05, 0.1) is 6.10 Å². The topological polar surface area (TPSA) is 20.2 Å². The lowest BCUT2D eigenvalue weighted by Gasteiger charge is -2.58. The summed E-state index contributed by atoms with van der Waals surface area (Å²) in [5.41, 5.74) is 4.41. The molecule has 0 amide bonds. The fourth-order valence-corrected chi connectivity index (χ4v) is 8.89. The molecule has 1 nitrogen and oxygen atoms in total. The fraction of sp³-hybridized carbons (Fsp3) is 0.857. The first-order valence-corrected chi connectivity index (χ1v) is 13.1. The number of allylic oxidation sites excluding steroid dienone is 3. The molecule has 0 heterocycles. The standard InChI is InChI=1S/C28H44O/c1-27-18-16-26-24(13-11-22-19-23(29)15-17-28(22,26)2)25(27)14-12-21(27)10-9-20-7-5-3-4-6-8-20/h7,11,21,23-26,29H,3-6,8-10,12-19H2,1-2H3/t21-,23-,24-,25-,26-,27+,28-/m0/s1. The summed E-state index contributed by atoms with van der Waals surface area (Å²) in [4.78, 5) is 0. The van der Waals surface area contributed by atoms with E-state index in [-0.39, 0.29) is 6.10 Å². The first-order chi connectivity index (χ1) is 14.0. The van der Waals surface area contributed by atoms with E-state index in [9.17, 15) is 5.11 Å². The molecule has 0 bridgehead atoms. The van der Waals surface area contributed by atoms with Crippen LogP contribution in [0.1, 0.15) is 110 Å². The van der Waals surface area contributed by atoms with Crippen molar-refractivity contribution in [3.8, 4) is 0 Å². The summed E-state index contributed by atoms with van der Waals surface area (Å²) in [6.45, 7) is 5.26. The van der Waals surface area contributed by atoms with Crippen molar-refractivity contribution in [2.24, 2.45) is 34.5 Å². The number of fused-ring (bicyclic) bond motifs is 5. The first-order valence-electron chi connectivity index (χ1n) is 13.1. The summed E-state index contributed by atoms with van der Waals surface area (Å²) in [6.07, 6.45) is 25.4. The molecule has 0 saturated heterocycles. The number of hydrogen-bond acceptors (Lipinski definition) is 1. The van der Waals surface area contributed by atoms with Crippen LogP contribution in [-0.4, -0.2) is 11.2 Å². The van der Waals surface area contributed by atoms with Crippen molar-refractivity contribution in [1.82, 2.24) is 0 Å². The molecule has 0 aromatic carbocycles. The Morgan fingerprint density at radius 3 is 2.76 bits per heavy atom. The molecule has 0 aromatic heterocycles. The van der Waals surface area contributed by atoms with Gasteiger partial charge < -0.3 is 5.11 Å². The van der Waals surface area contributed by atoms with Gasteiger partial charge in [0, 0.05) is 0 Å². The largest absolute Gasteiger partial charge is 0.393 e. The second-order valence-electron chi connectivity index (χ2n) is 12.0. The molecule has 3 fully saturated rings. The summed E-state index contributed by atoms with van der Waals surface area (Å²) >= 11 is 0. The van der Waals surface area contributed by atoms with Crippen molar-refractivity contribution in [3.63, 3.8) is 0 Å². The number of hydrogen-bond donors (Lipinski definition) is 1. The van der Waals surface area contributed by atoms with Crippen LogP contribution >= 0.6 is 0 Å². The summed E-state index contributed by atoms with van der Waals surface area (Å²) < 4.78 is 0. The van der Waals surface area contributed by atoms with Crippen molar-refractivity contribution in [2.45, 2.75) is 116 Å². The fourth-order valence-electron chi connectivity index (χ4n) is 8.89. The third kappa shape index (κ3) is 3.48. The zero-order valence-electron chi connectivity index (χ0n) is 19.1. The van der Waals surface area contributed by atoms with Crippen LogP contribution in [0.3, 0.4) is 0 Å². The van der Waals surface area contributed by atoms with Crippen molar-refractivity contribution in [1.29, 1.82) is 0 Å². The van der Waals surface area contributed by atoms with E-state index >= 15 is 0 Å². The highest BCUT2D eigenvalue weighted by Crippen LogP contribution is 2.66. The zero-order valence-corrected chi connectivity index (χ0v) is 19.1. The normalized spacial score (nSPS) is 47.3. The van der Waals surface area contributed by atoms with E-state index in [4.69, 9.17) is 0 Å². The number of aliphatic hydroxyl groups excluding tert-OH is 1. The molecule has 162 valence electrons. The van der Waals surface area contributed by atoms with Crippen molar-refractivity contribution >= 4 is 0 Å². The van der Waals surface area contributed by atoms with Gasteiger partial charge in [0.1, 0.15) is 0 Å². The highest BCUT2D eigenvalue weighted by molar-refractivity contribution is 5.25. The van der Waals surface area contributed by atoms with Crippen LogP contribution in [-0.2, 0) is 0 Å². The molecular formula is C28H44O. The molecule has 29 heavy (non-hydrogen) atoms. The molecule has 5 rings (SSSR count). The molecule has 5 aliphatic rings. The first kappa shape index (κ1) is 20.3. The van der Waals surface area contributed by atoms with Gasteiger partial charge in [0.15, 0.2) is 0 Å². The molecule has 0 spiro atoms. The maximum absolute atomic E-state index is 10.2. The molecule has 1 heteroatoms. The van der Waals surface area contributed by atoms with Crippen LogP contribution in [0.15, 0.2) is 23.3 Å². The van der Waals surface area contributed by atoms with E-state index in [1.165, 1.54) is 83.5 Å². The monoisotopic (exact) mass is 396 g/mol. The molecule has 0 aliphatic heterocycles. The lowest BCUT2D eigenvalue weighted by atomic mass is 9.47. The second kappa shape index (κ2) is 7.85. The Bertz CT molecular complexity index is 674. The Labute approximate surface area is 179 Å². The number of rotatable bonds is 3. The predicted octanol–water partition coefficient (Wildman–Crippen LogP) is 7.60. The maximum atomic E-state index is 10.2. The molecule has 0 unspecified atom stereocenters. The molecule has 0 radical (unpaired) electrons. The average molecular weight is 397 g/mol. The Kier molecular flexibility index (Phi) is 5.51. The molecule has 7 atom stereocenters. The number of aliphatic hydroxyl groups is 1. The second-order valence-corrected chi connectivity index (χ2v) is 12.0. The summed E-state index contributed by atoms with van der Waals surface area (Å²) in [5.74, 6) is 3.72. The minimum absolute atomic E-state index is 0.0751. The summed E-state index contributed by atoms with van der Waals surface area (Å²) in [7, 11) is 0. The van der Waals surface area contributed by atoms with Gasteiger partial charge in [-0.2, -0.15) is 0 Å². The van der Waals surface area contributed by atoms with Crippen LogP contribution in [0.25, 0.3) is 0 Å². The smallest absolute Gasteiger partial charge is 0.0577 e. The van der Waals surface area contributed by atoms with Gasteiger partial charge in [0.25, 0.3) is 0 Å². The van der Waals surface area contributed by atoms with Crippen LogP contribution in [0.2, 0.25) is 0 Å². The van der Waals surface area contributed by atoms with Crippen LogP contribution in [0, 0.1) is 34.5 Å². The molecular weight excluding hydrogens is 352 g/mol. The minimum atomic E-state index is -0.0751. The molecule has 5 aliphatic carbocycles. The lowest BCUT2D eigenvalue weighted by molar-refractivity contribution is -0.0505. The van der Waals surface area contributed by atoms with E-state index in [1.807, 2.05) is 0 Å². The van der Waals surface area contributed by atoms with Gasteiger partial charge in [0.2, 0.25) is 0 Å². The third-order valence-electron chi connectivity index (χ3n) is 10.7. The third-order valence-corrected chi connectivity index (χ3v) is 10.7. The van der Waals surface area contributed by atoms with Crippen LogP contribution < -0.4 is 0 Å². The molecule has 3 saturated carbocycles. The lowest BCUT2D eigenvalue weighted by Crippen LogP contribution is -2.50. The van der Waals surface area contributed by atoms with E-state index in [0.29, 0.717) is 10.8 Å². The quantitative estimate of drug-likeness (QED) is 0.487. The highest BCUT2D eigenvalue weighted by Gasteiger charge is 2.58. The zero-order chi connectivity index (χ0) is 20.1. The Morgan fingerprint density at radius 1 is 0.966 bits per heavy atom. The van der Waals surface area contributed by atoms with E-state index in [1.54, 1.807) is 11.1 Å². The van der Waals surface area contributed by atoms with Gasteiger partial charge >= 0.3 is 0 Å². The van der Waals surface area contributed by atoms with Crippen molar-refractivity contribution in [3.05, 3.63) is 23.3 Å². The summed E-state index contributed by atoms with van der Waals surface area (Å²) in [5, 5.41) is 10.2. The average Bonchev–Trinajstić information content (AvgIpc) is 2.87. The van der Waals surface area contributed by atoms with E-state index in [0.717, 1.165) is 36.5 Å². The van der Waals surface area contributed by atoms with Gasteiger partial charge in [-0.25, -0.2) is 0 Å². The molecule has 1 N–H and O–H groups in total.